The number of rotatable bonds is 9. The quantitative estimate of drug-likeness (QED) is 0.112. The van der Waals surface area contributed by atoms with Gasteiger partial charge in [-0.05, 0) is 67.5 Å². The van der Waals surface area contributed by atoms with Gasteiger partial charge in [-0.25, -0.2) is 9.78 Å². The molecule has 1 N–H and O–H groups in total. The summed E-state index contributed by atoms with van der Waals surface area (Å²) in [7, 11) is 0. The zero-order chi connectivity index (χ0) is 27.4. The Morgan fingerprint density at radius 1 is 1.18 bits per heavy atom. The summed E-state index contributed by atoms with van der Waals surface area (Å²) >= 11 is 2.83. The van der Waals surface area contributed by atoms with E-state index < -0.39 is 5.97 Å². The summed E-state index contributed by atoms with van der Waals surface area (Å²) in [6, 6.07) is 16.2. The van der Waals surface area contributed by atoms with Crippen LogP contribution in [0.2, 0.25) is 0 Å². The van der Waals surface area contributed by atoms with E-state index in [2.05, 4.69) is 12.2 Å². The van der Waals surface area contributed by atoms with Gasteiger partial charge in [-0.2, -0.15) is 0 Å². The second kappa shape index (κ2) is 12.2. The van der Waals surface area contributed by atoms with Gasteiger partial charge in [0, 0.05) is 10.6 Å². The summed E-state index contributed by atoms with van der Waals surface area (Å²) in [5.74, 6) is -0.0230. The van der Waals surface area contributed by atoms with E-state index in [0.29, 0.717) is 34.3 Å². The van der Waals surface area contributed by atoms with E-state index in [4.69, 9.17) is 9.72 Å². The number of nitrogens with one attached hydrogen (secondary N) is 1. The van der Waals surface area contributed by atoms with Crippen molar-refractivity contribution in [2.45, 2.75) is 51.1 Å². The Hall–Kier alpha value is -3.43. The molecule has 2 aromatic carbocycles. The van der Waals surface area contributed by atoms with Gasteiger partial charge in [0.1, 0.15) is 4.83 Å². The van der Waals surface area contributed by atoms with Crippen LogP contribution in [0.3, 0.4) is 0 Å². The van der Waals surface area contributed by atoms with Crippen LogP contribution in [-0.4, -0.2) is 33.8 Å². The van der Waals surface area contributed by atoms with Crippen molar-refractivity contribution in [3.8, 4) is 5.69 Å². The number of unbranched alkanes of at least 4 members (excludes halogenated alkanes) is 1. The Balaban J connectivity index is 1.38. The molecule has 1 atom stereocenters. The number of ether oxygens (including phenoxy) is 1. The fourth-order valence-electron chi connectivity index (χ4n) is 4.72. The lowest BCUT2D eigenvalue weighted by Crippen LogP contribution is -2.23. The van der Waals surface area contributed by atoms with E-state index in [1.165, 1.54) is 16.6 Å². The van der Waals surface area contributed by atoms with Gasteiger partial charge < -0.3 is 10.1 Å². The van der Waals surface area contributed by atoms with Crippen LogP contribution in [0.5, 0.6) is 0 Å². The second-order valence-electron chi connectivity index (χ2n) is 9.81. The van der Waals surface area contributed by atoms with Crippen LogP contribution >= 0.6 is 23.1 Å². The van der Waals surface area contributed by atoms with Gasteiger partial charge in [-0.15, -0.1) is 11.3 Å². The molecule has 0 saturated carbocycles. The third-order valence-corrected chi connectivity index (χ3v) is 8.85. The van der Waals surface area contributed by atoms with E-state index in [1.807, 2.05) is 37.3 Å². The first-order valence-electron chi connectivity index (χ1n) is 13.3. The number of carbonyl (C=O) groups excluding carboxylic acids is 2. The number of nitrogens with zero attached hydrogens (tertiary/aromatic N) is 2. The maximum Gasteiger partial charge on any atom is 0.338 e. The number of carbonyl (C=O) groups is 2. The molecule has 1 aliphatic rings. The van der Waals surface area contributed by atoms with Crippen molar-refractivity contribution in [1.29, 1.82) is 0 Å². The average molecular weight is 562 g/mol. The number of thiophene rings is 1. The fraction of sp³-hybridized carbons (Fsp3) is 0.333. The maximum absolute atomic E-state index is 13.9. The summed E-state index contributed by atoms with van der Waals surface area (Å²) in [5, 5.41) is 4.04. The van der Waals surface area contributed by atoms with Gasteiger partial charge in [-0.3, -0.25) is 14.2 Å². The summed E-state index contributed by atoms with van der Waals surface area (Å²) in [6.45, 7) is 4.65. The number of anilines is 1. The van der Waals surface area contributed by atoms with Crippen molar-refractivity contribution in [3.05, 3.63) is 81.0 Å². The van der Waals surface area contributed by atoms with Gasteiger partial charge in [0.05, 0.1) is 29.0 Å². The van der Waals surface area contributed by atoms with Gasteiger partial charge in [-0.1, -0.05) is 56.3 Å². The van der Waals surface area contributed by atoms with Crippen LogP contribution in [0.15, 0.2) is 64.5 Å². The molecular formula is C30H31N3O4S2. The van der Waals surface area contributed by atoms with Crippen LogP contribution in [0, 0.1) is 5.92 Å². The van der Waals surface area contributed by atoms with E-state index in [-0.39, 0.29) is 17.2 Å². The van der Waals surface area contributed by atoms with Crippen LogP contribution in [-0.2, 0) is 22.4 Å². The molecule has 0 saturated heterocycles. The summed E-state index contributed by atoms with van der Waals surface area (Å²) in [6.07, 6.45) is 4.67. The minimum Gasteiger partial charge on any atom is -0.462 e. The number of hydrogen-bond donors (Lipinski definition) is 1. The van der Waals surface area contributed by atoms with Crippen LogP contribution in [0.25, 0.3) is 15.9 Å². The molecular weight excluding hydrogens is 530 g/mol. The number of amides is 1. The molecule has 1 amide bonds. The number of thioether (sulfide) groups is 1. The lowest BCUT2D eigenvalue weighted by atomic mass is 9.89. The zero-order valence-corrected chi connectivity index (χ0v) is 23.7. The number of fused-ring (bicyclic) bond motifs is 3. The lowest BCUT2D eigenvalue weighted by molar-refractivity contribution is -0.113. The predicted octanol–water partition coefficient (Wildman–Crippen LogP) is 6.26. The molecule has 0 fully saturated rings. The van der Waals surface area contributed by atoms with Crippen LogP contribution < -0.4 is 10.9 Å². The molecule has 5 rings (SSSR count). The highest BCUT2D eigenvalue weighted by Crippen LogP contribution is 2.37. The van der Waals surface area contributed by atoms with E-state index in [1.54, 1.807) is 40.2 Å². The Bertz CT molecular complexity index is 1560. The first kappa shape index (κ1) is 27.1. The van der Waals surface area contributed by atoms with E-state index >= 15 is 0 Å². The molecule has 0 aliphatic heterocycles. The Morgan fingerprint density at radius 3 is 2.79 bits per heavy atom. The fourth-order valence-corrected chi connectivity index (χ4v) is 6.95. The molecule has 9 heteroatoms. The normalized spacial score (nSPS) is 14.7. The monoisotopic (exact) mass is 561 g/mol. The predicted molar refractivity (Wildman–Crippen MR) is 157 cm³/mol. The van der Waals surface area contributed by atoms with Gasteiger partial charge >= 0.3 is 5.97 Å². The first-order valence-corrected chi connectivity index (χ1v) is 15.1. The Kier molecular flexibility index (Phi) is 8.47. The highest BCUT2D eigenvalue weighted by atomic mass is 32.2. The van der Waals surface area contributed by atoms with Crippen molar-refractivity contribution < 1.29 is 14.3 Å². The molecule has 4 aromatic rings. The smallest absolute Gasteiger partial charge is 0.338 e. The number of benzene rings is 2. The van der Waals surface area contributed by atoms with Gasteiger partial charge in [0.2, 0.25) is 5.91 Å². The minimum absolute atomic E-state index is 0.0536. The Labute approximate surface area is 235 Å². The van der Waals surface area contributed by atoms with Crippen molar-refractivity contribution in [2.24, 2.45) is 5.92 Å². The molecule has 0 bridgehead atoms. The highest BCUT2D eigenvalue weighted by Gasteiger charge is 2.25. The number of esters is 1. The third-order valence-electron chi connectivity index (χ3n) is 6.76. The van der Waals surface area contributed by atoms with Crippen LogP contribution in [0.4, 0.5) is 5.69 Å². The molecule has 7 nitrogen and oxygen atoms in total. The molecule has 0 radical (unpaired) electrons. The molecule has 1 aliphatic carbocycles. The summed E-state index contributed by atoms with van der Waals surface area (Å²) < 4.78 is 6.90. The molecule has 2 heterocycles. The van der Waals surface area contributed by atoms with Crippen molar-refractivity contribution in [2.75, 3.05) is 17.7 Å². The second-order valence-corrected chi connectivity index (χ2v) is 11.8. The van der Waals surface area contributed by atoms with Gasteiger partial charge in [0.25, 0.3) is 5.56 Å². The van der Waals surface area contributed by atoms with E-state index in [0.717, 1.165) is 48.2 Å². The van der Waals surface area contributed by atoms with E-state index in [9.17, 15) is 14.4 Å². The SMILES string of the molecule is CCCCOC(=O)c1cccc(NC(=O)CSc2nc3sc4c(c3c(=O)n2-c2ccccc2)CCC(C)C4)c1. The maximum atomic E-state index is 13.9. The molecule has 2 aromatic heterocycles. The summed E-state index contributed by atoms with van der Waals surface area (Å²) in [5.41, 5.74) is 2.67. The third kappa shape index (κ3) is 6.09. The number of aryl methyl sites for hydroxylation is 1. The topological polar surface area (TPSA) is 90.3 Å². The van der Waals surface area contributed by atoms with Crippen LogP contribution in [0.1, 0.15) is 53.9 Å². The average Bonchev–Trinajstić information content (AvgIpc) is 3.30. The zero-order valence-electron chi connectivity index (χ0n) is 22.1. The molecule has 0 spiro atoms. The standard InChI is InChI=1S/C30H31N3O4S2/c1-3-4-15-37-29(36)20-9-8-10-21(17-20)31-25(34)18-38-30-32-27-26(23-14-13-19(2)16-24(23)39-27)28(35)33(30)22-11-6-5-7-12-22/h5-12,17,19H,3-4,13-16,18H2,1-2H3,(H,31,34). The Morgan fingerprint density at radius 2 is 2.00 bits per heavy atom. The number of hydrogen-bond acceptors (Lipinski definition) is 7. The highest BCUT2D eigenvalue weighted by molar-refractivity contribution is 7.99. The first-order chi connectivity index (χ1) is 18.9. The molecule has 1 unspecified atom stereocenters. The number of aromatic nitrogens is 2. The number of para-hydroxylation sites is 1. The largest absolute Gasteiger partial charge is 0.462 e. The minimum atomic E-state index is -0.411. The lowest BCUT2D eigenvalue weighted by Gasteiger charge is -2.17. The van der Waals surface area contributed by atoms with Gasteiger partial charge in [0.15, 0.2) is 5.16 Å². The molecule has 39 heavy (non-hydrogen) atoms. The summed E-state index contributed by atoms with van der Waals surface area (Å²) in [4.78, 5) is 46.0. The molecule has 202 valence electrons. The van der Waals surface area contributed by atoms with Crippen molar-refractivity contribution >= 4 is 50.9 Å². The van der Waals surface area contributed by atoms with Crippen molar-refractivity contribution in [1.82, 2.24) is 9.55 Å². The van der Waals surface area contributed by atoms with Crippen molar-refractivity contribution in [3.63, 3.8) is 0 Å².